The van der Waals surface area contributed by atoms with Crippen LogP contribution in [0.25, 0.3) is 0 Å². The maximum absolute atomic E-state index is 13.3. The first kappa shape index (κ1) is 18.6. The molecule has 1 fully saturated rings. The van der Waals surface area contributed by atoms with Crippen LogP contribution in [0.5, 0.6) is 0 Å². The molecule has 0 amide bonds. The number of hydrogen-bond donors (Lipinski definition) is 0. The third-order valence-corrected chi connectivity index (χ3v) is 2.86. The molecule has 1 aliphatic carbocycles. The van der Waals surface area contributed by atoms with Crippen LogP contribution < -0.4 is 0 Å². The van der Waals surface area contributed by atoms with Crippen LogP contribution in [-0.4, -0.2) is 41.7 Å². The van der Waals surface area contributed by atoms with Crippen LogP contribution in [0.3, 0.4) is 0 Å². The van der Waals surface area contributed by atoms with Crippen molar-refractivity contribution in [3.05, 3.63) is 12.2 Å². The minimum atomic E-state index is -7.08. The van der Waals surface area contributed by atoms with Gasteiger partial charge >= 0.3 is 35.6 Å². The summed E-state index contributed by atoms with van der Waals surface area (Å²) in [5, 5.41) is 0. The molecule has 0 radical (unpaired) electrons. The van der Waals surface area contributed by atoms with E-state index >= 15 is 0 Å². The summed E-state index contributed by atoms with van der Waals surface area (Å²) in [6.07, 6.45) is -4.81. The van der Waals surface area contributed by atoms with E-state index in [1.807, 2.05) is 0 Å². The average molecular weight is 348 g/mol. The molecule has 0 unspecified atom stereocenters. The van der Waals surface area contributed by atoms with E-state index in [-0.39, 0.29) is 0 Å². The minimum absolute atomic E-state index is 0.701. The zero-order valence-corrected chi connectivity index (χ0v) is 10.4. The molecule has 0 spiro atoms. The monoisotopic (exact) mass is 348 g/mol. The average Bonchev–Trinajstić information content (AvgIpc) is 2.32. The second-order valence-electron chi connectivity index (χ2n) is 4.53. The van der Waals surface area contributed by atoms with Crippen molar-refractivity contribution in [2.24, 2.45) is 0 Å². The molecule has 0 atom stereocenters. The lowest BCUT2D eigenvalue weighted by molar-refractivity contribution is -0.468. The Bertz CT molecular complexity index is 480. The molecule has 22 heavy (non-hydrogen) atoms. The topological polar surface area (TPSA) is 26.3 Å². The highest BCUT2D eigenvalue weighted by atomic mass is 19.4. The van der Waals surface area contributed by atoms with Crippen molar-refractivity contribution in [3.63, 3.8) is 0 Å². The number of hydrogen-bond acceptors (Lipinski definition) is 2. The number of halogens is 10. The van der Waals surface area contributed by atoms with Crippen molar-refractivity contribution in [1.82, 2.24) is 0 Å². The molecule has 128 valence electrons. The second kappa shape index (κ2) is 4.51. The molecule has 1 saturated carbocycles. The Kier molecular flexibility index (Phi) is 3.80. The molecular formula is C10H6F10O2. The van der Waals surface area contributed by atoms with Gasteiger partial charge in [-0.1, -0.05) is 6.58 Å². The molecule has 0 heterocycles. The Balaban J connectivity index is 3.55. The zero-order chi connectivity index (χ0) is 17.9. The Hall–Kier alpha value is -1.49. The number of alkyl halides is 10. The summed E-state index contributed by atoms with van der Waals surface area (Å²) in [4.78, 5) is 10.9. The van der Waals surface area contributed by atoms with Crippen molar-refractivity contribution >= 4 is 5.97 Å². The largest absolute Gasteiger partial charge is 0.446 e. The maximum atomic E-state index is 13.3. The maximum Gasteiger partial charge on any atom is 0.384 e. The van der Waals surface area contributed by atoms with Crippen LogP contribution in [0, 0.1) is 0 Å². The molecule has 12 heteroatoms. The summed E-state index contributed by atoms with van der Waals surface area (Å²) >= 11 is 0. The molecule has 0 aliphatic heterocycles. The van der Waals surface area contributed by atoms with Crippen LogP contribution in [-0.2, 0) is 9.53 Å². The summed E-state index contributed by atoms with van der Waals surface area (Å²) < 4.78 is 134. The van der Waals surface area contributed by atoms with Crippen LogP contribution in [0.1, 0.15) is 6.92 Å². The van der Waals surface area contributed by atoms with Gasteiger partial charge in [0.1, 0.15) is 0 Å². The third kappa shape index (κ3) is 1.91. The number of carbonyl (C=O) groups excluding carboxylic acids is 1. The first-order valence-electron chi connectivity index (χ1n) is 5.21. The number of rotatable bonds is 2. The molecule has 0 aromatic rings. The van der Waals surface area contributed by atoms with Gasteiger partial charge in [-0.05, 0) is 6.92 Å². The van der Waals surface area contributed by atoms with Crippen LogP contribution >= 0.6 is 0 Å². The predicted molar refractivity (Wildman–Crippen MR) is 49.4 cm³/mol. The van der Waals surface area contributed by atoms with Gasteiger partial charge in [0, 0.05) is 5.57 Å². The number of esters is 1. The van der Waals surface area contributed by atoms with Crippen LogP contribution in [0.15, 0.2) is 12.2 Å². The van der Waals surface area contributed by atoms with E-state index in [0.717, 1.165) is 0 Å². The van der Waals surface area contributed by atoms with Crippen molar-refractivity contribution in [2.75, 3.05) is 0 Å². The Labute approximate surface area is 115 Å². The fourth-order valence-corrected chi connectivity index (χ4v) is 1.53. The highest BCUT2D eigenvalue weighted by Gasteiger charge is 2.96. The standard InChI is InChI=1S/C10H6F10O2/c1-3(2)4(21)22-5-6(11,12)8(15,16)10(19,20)9(17,18)7(5,13)14/h5H,1H2,2H3. The smallest absolute Gasteiger partial charge is 0.384 e. The first-order chi connectivity index (χ1) is 9.46. The molecule has 1 rings (SSSR count). The zero-order valence-electron chi connectivity index (χ0n) is 10.4. The summed E-state index contributed by atoms with van der Waals surface area (Å²) in [5.74, 6) is -36.0. The van der Waals surface area contributed by atoms with Gasteiger partial charge in [0.25, 0.3) is 0 Å². The molecule has 0 aromatic heterocycles. The van der Waals surface area contributed by atoms with Gasteiger partial charge in [0.15, 0.2) is 0 Å². The van der Waals surface area contributed by atoms with E-state index in [1.165, 1.54) is 0 Å². The molecule has 0 aromatic carbocycles. The SMILES string of the molecule is C=C(C)C(=O)OC1C(F)(F)C(F)(F)C(F)(F)C(F)(F)C1(F)F. The number of carbonyl (C=O) groups is 1. The van der Waals surface area contributed by atoms with Crippen molar-refractivity contribution < 1.29 is 53.4 Å². The molecule has 1 aliphatic rings. The Morgan fingerprint density at radius 1 is 0.818 bits per heavy atom. The van der Waals surface area contributed by atoms with Gasteiger partial charge in [-0.2, -0.15) is 43.9 Å². The van der Waals surface area contributed by atoms with Crippen molar-refractivity contribution in [2.45, 2.75) is 42.6 Å². The van der Waals surface area contributed by atoms with Crippen molar-refractivity contribution in [3.8, 4) is 0 Å². The minimum Gasteiger partial charge on any atom is -0.446 e. The lowest BCUT2D eigenvalue weighted by Gasteiger charge is -2.48. The van der Waals surface area contributed by atoms with E-state index in [9.17, 15) is 48.7 Å². The quantitative estimate of drug-likeness (QED) is 0.433. The summed E-state index contributed by atoms with van der Waals surface area (Å²) in [6, 6.07) is 0. The van der Waals surface area contributed by atoms with Crippen molar-refractivity contribution in [1.29, 1.82) is 0 Å². The fourth-order valence-electron chi connectivity index (χ4n) is 1.53. The van der Waals surface area contributed by atoms with E-state index < -0.39 is 47.3 Å². The van der Waals surface area contributed by atoms with Crippen LogP contribution in [0.2, 0.25) is 0 Å². The normalized spacial score (nSPS) is 28.0. The number of ether oxygens (including phenoxy) is 1. The third-order valence-electron chi connectivity index (χ3n) is 2.86. The van der Waals surface area contributed by atoms with E-state index in [0.29, 0.717) is 6.92 Å². The van der Waals surface area contributed by atoms with Gasteiger partial charge in [0.05, 0.1) is 0 Å². The summed E-state index contributed by atoms with van der Waals surface area (Å²) in [7, 11) is 0. The van der Waals surface area contributed by atoms with Gasteiger partial charge < -0.3 is 4.74 Å². The van der Waals surface area contributed by atoms with E-state index in [4.69, 9.17) is 0 Å². The lowest BCUT2D eigenvalue weighted by atomic mass is 9.80. The Morgan fingerprint density at radius 3 is 1.41 bits per heavy atom. The lowest BCUT2D eigenvalue weighted by Crippen LogP contribution is -2.80. The fraction of sp³-hybridized carbons (Fsp3) is 0.700. The highest BCUT2D eigenvalue weighted by Crippen LogP contribution is 2.65. The van der Waals surface area contributed by atoms with Crippen LogP contribution in [0.4, 0.5) is 43.9 Å². The van der Waals surface area contributed by atoms with Gasteiger partial charge in [-0.3, -0.25) is 0 Å². The molecule has 0 N–H and O–H groups in total. The Morgan fingerprint density at radius 2 is 1.14 bits per heavy atom. The van der Waals surface area contributed by atoms with Gasteiger partial charge in [-0.15, -0.1) is 0 Å². The van der Waals surface area contributed by atoms with Gasteiger partial charge in [0.2, 0.25) is 6.10 Å². The predicted octanol–water partition coefficient (Wildman–Crippen LogP) is 3.66. The van der Waals surface area contributed by atoms with Gasteiger partial charge in [-0.25, -0.2) is 4.79 Å². The molecular weight excluding hydrogens is 342 g/mol. The molecule has 0 bridgehead atoms. The molecule has 0 saturated heterocycles. The summed E-state index contributed by atoms with van der Waals surface area (Å²) in [6.45, 7) is 3.43. The first-order valence-corrected chi connectivity index (χ1v) is 5.21. The highest BCUT2D eigenvalue weighted by molar-refractivity contribution is 5.87. The van der Waals surface area contributed by atoms with E-state index in [2.05, 4.69) is 11.3 Å². The van der Waals surface area contributed by atoms with E-state index in [1.54, 1.807) is 0 Å². The molecule has 2 nitrogen and oxygen atoms in total. The second-order valence-corrected chi connectivity index (χ2v) is 4.53. The summed E-state index contributed by atoms with van der Waals surface area (Å²) in [5.41, 5.74) is -0.879.